The molecule has 0 aliphatic carbocycles. The van der Waals surface area contributed by atoms with Crippen LogP contribution in [0.3, 0.4) is 0 Å². The fourth-order valence-corrected chi connectivity index (χ4v) is 2.19. The van der Waals surface area contributed by atoms with Gasteiger partial charge in [-0.2, -0.15) is 0 Å². The molecule has 1 heterocycles. The van der Waals surface area contributed by atoms with Gasteiger partial charge in [0.1, 0.15) is 0 Å². The van der Waals surface area contributed by atoms with Gasteiger partial charge in [0.15, 0.2) is 0 Å². The maximum atomic E-state index is 2.66. The van der Waals surface area contributed by atoms with E-state index in [1.807, 2.05) is 0 Å². The third-order valence-electron chi connectivity index (χ3n) is 2.88. The summed E-state index contributed by atoms with van der Waals surface area (Å²) in [5.74, 6) is 0. The molecule has 0 amide bonds. The summed E-state index contributed by atoms with van der Waals surface area (Å²) in [6.07, 6.45) is 5.51. The highest BCUT2D eigenvalue weighted by atomic mass is 15.2. The van der Waals surface area contributed by atoms with Crippen molar-refractivity contribution in [2.24, 2.45) is 0 Å². The van der Waals surface area contributed by atoms with E-state index < -0.39 is 0 Å². The Kier molecular flexibility index (Phi) is 3.38. The fourth-order valence-electron chi connectivity index (χ4n) is 2.19. The first-order valence-electron chi connectivity index (χ1n) is 5.01. The van der Waals surface area contributed by atoms with Crippen molar-refractivity contribution in [2.45, 2.75) is 58.5 Å². The summed E-state index contributed by atoms with van der Waals surface area (Å²) in [7, 11) is 0. The van der Waals surface area contributed by atoms with Crippen LogP contribution in [0.15, 0.2) is 0 Å². The Bertz CT molecular complexity index is 111. The Balaban J connectivity index is 2.33. The van der Waals surface area contributed by atoms with Crippen molar-refractivity contribution >= 4 is 0 Å². The molecule has 0 radical (unpaired) electrons. The number of nitrogens with zero attached hydrogens (tertiary/aromatic N) is 1. The van der Waals surface area contributed by atoms with E-state index in [0.29, 0.717) is 0 Å². The molecule has 1 nitrogen and oxygen atoms in total. The third kappa shape index (κ3) is 2.19. The minimum atomic E-state index is 0.817. The summed E-state index contributed by atoms with van der Waals surface area (Å²) in [6.45, 7) is 8.34. The monoisotopic (exact) mass is 155 g/mol. The van der Waals surface area contributed by atoms with E-state index >= 15 is 0 Å². The average Bonchev–Trinajstić information content (AvgIpc) is 2.36. The first kappa shape index (κ1) is 9.05. The van der Waals surface area contributed by atoms with E-state index in [9.17, 15) is 0 Å². The van der Waals surface area contributed by atoms with Gasteiger partial charge in [0.05, 0.1) is 0 Å². The lowest BCUT2D eigenvalue weighted by Gasteiger charge is -2.28. The molecule has 2 atom stereocenters. The topological polar surface area (TPSA) is 3.24 Å². The molecule has 1 heteroatoms. The molecule has 11 heavy (non-hydrogen) atoms. The molecule has 66 valence electrons. The zero-order valence-electron chi connectivity index (χ0n) is 8.14. The number of hydrogen-bond donors (Lipinski definition) is 0. The summed E-state index contributed by atoms with van der Waals surface area (Å²) in [6, 6.07) is 1.66. The van der Waals surface area contributed by atoms with Crippen molar-refractivity contribution in [1.82, 2.24) is 4.90 Å². The number of hydrogen-bond acceptors (Lipinski definition) is 1. The third-order valence-corrected chi connectivity index (χ3v) is 2.88. The smallest absolute Gasteiger partial charge is 0.00702 e. The van der Waals surface area contributed by atoms with E-state index in [0.717, 1.165) is 12.1 Å². The van der Waals surface area contributed by atoms with E-state index in [1.54, 1.807) is 0 Å². The molecule has 1 aliphatic heterocycles. The molecule has 0 bridgehead atoms. The molecule has 0 spiro atoms. The summed E-state index contributed by atoms with van der Waals surface area (Å²) in [5, 5.41) is 0. The first-order chi connectivity index (χ1) is 5.25. The van der Waals surface area contributed by atoms with E-state index in [2.05, 4.69) is 25.7 Å². The minimum Gasteiger partial charge on any atom is -0.298 e. The highest BCUT2D eigenvalue weighted by molar-refractivity contribution is 4.79. The molecule has 0 aromatic carbocycles. The van der Waals surface area contributed by atoms with Gasteiger partial charge < -0.3 is 0 Å². The summed E-state index contributed by atoms with van der Waals surface area (Å²) >= 11 is 0. The van der Waals surface area contributed by atoms with Crippen LogP contribution >= 0.6 is 0 Å². The first-order valence-corrected chi connectivity index (χ1v) is 5.01. The van der Waals surface area contributed by atoms with Gasteiger partial charge in [-0.05, 0) is 39.7 Å². The van der Waals surface area contributed by atoms with Crippen LogP contribution in [0, 0.1) is 0 Å². The summed E-state index contributed by atoms with van der Waals surface area (Å²) in [4.78, 5) is 2.66. The Hall–Kier alpha value is -0.0400. The standard InChI is InChI=1S/C10H21N/c1-4-6-9(2)11-8-5-7-10(11)3/h9-10H,4-8H2,1-3H3/t9?,10-/m1/s1. The SMILES string of the molecule is CCCC(C)N1CCC[C@H]1C. The predicted molar refractivity (Wildman–Crippen MR) is 49.8 cm³/mol. The minimum absolute atomic E-state index is 0.817. The Labute approximate surface area is 70.8 Å². The van der Waals surface area contributed by atoms with Crippen LogP contribution in [0.4, 0.5) is 0 Å². The Morgan fingerprint density at radius 3 is 2.73 bits per heavy atom. The molecule has 1 fully saturated rings. The second-order valence-corrected chi connectivity index (χ2v) is 3.87. The fraction of sp³-hybridized carbons (Fsp3) is 1.00. The molecule has 1 rings (SSSR count). The second-order valence-electron chi connectivity index (χ2n) is 3.87. The zero-order chi connectivity index (χ0) is 8.27. The van der Waals surface area contributed by atoms with Crippen molar-refractivity contribution in [1.29, 1.82) is 0 Å². The average molecular weight is 155 g/mol. The van der Waals surface area contributed by atoms with Crippen LogP contribution in [-0.4, -0.2) is 23.5 Å². The van der Waals surface area contributed by atoms with Crippen molar-refractivity contribution in [3.05, 3.63) is 0 Å². The molecule has 0 aromatic heterocycles. The lowest BCUT2D eigenvalue weighted by molar-refractivity contribution is 0.193. The van der Waals surface area contributed by atoms with Gasteiger partial charge in [-0.15, -0.1) is 0 Å². The zero-order valence-corrected chi connectivity index (χ0v) is 8.14. The van der Waals surface area contributed by atoms with Crippen LogP contribution in [0.1, 0.15) is 46.5 Å². The van der Waals surface area contributed by atoms with Gasteiger partial charge in [-0.25, -0.2) is 0 Å². The van der Waals surface area contributed by atoms with Gasteiger partial charge in [0, 0.05) is 12.1 Å². The van der Waals surface area contributed by atoms with Gasteiger partial charge in [0.25, 0.3) is 0 Å². The highest BCUT2D eigenvalue weighted by Crippen LogP contribution is 2.21. The van der Waals surface area contributed by atoms with Crippen LogP contribution in [0.2, 0.25) is 0 Å². The van der Waals surface area contributed by atoms with E-state index in [1.165, 1.54) is 32.2 Å². The second kappa shape index (κ2) is 4.10. The van der Waals surface area contributed by atoms with Gasteiger partial charge >= 0.3 is 0 Å². The van der Waals surface area contributed by atoms with E-state index in [4.69, 9.17) is 0 Å². The molecular formula is C10H21N. The van der Waals surface area contributed by atoms with Crippen molar-refractivity contribution in [2.75, 3.05) is 6.54 Å². The maximum Gasteiger partial charge on any atom is 0.00702 e. The van der Waals surface area contributed by atoms with Crippen molar-refractivity contribution in [3.63, 3.8) is 0 Å². The van der Waals surface area contributed by atoms with Gasteiger partial charge in [-0.3, -0.25) is 4.90 Å². The molecular weight excluding hydrogens is 134 g/mol. The Morgan fingerprint density at radius 2 is 2.27 bits per heavy atom. The maximum absolute atomic E-state index is 2.66. The molecule has 1 aliphatic rings. The quantitative estimate of drug-likeness (QED) is 0.605. The molecule has 0 saturated carbocycles. The van der Waals surface area contributed by atoms with Gasteiger partial charge in [-0.1, -0.05) is 13.3 Å². The van der Waals surface area contributed by atoms with Crippen molar-refractivity contribution < 1.29 is 0 Å². The predicted octanol–water partition coefficient (Wildman–Crippen LogP) is 2.66. The highest BCUT2D eigenvalue weighted by Gasteiger charge is 2.23. The molecule has 1 saturated heterocycles. The Morgan fingerprint density at radius 1 is 1.55 bits per heavy atom. The number of likely N-dealkylation sites (tertiary alicyclic amines) is 1. The van der Waals surface area contributed by atoms with Crippen molar-refractivity contribution in [3.8, 4) is 0 Å². The lowest BCUT2D eigenvalue weighted by Crippen LogP contribution is -2.35. The van der Waals surface area contributed by atoms with Crippen LogP contribution in [-0.2, 0) is 0 Å². The summed E-state index contributed by atoms with van der Waals surface area (Å²) < 4.78 is 0. The normalized spacial score (nSPS) is 29.2. The van der Waals surface area contributed by atoms with Crippen LogP contribution < -0.4 is 0 Å². The lowest BCUT2D eigenvalue weighted by atomic mass is 10.1. The van der Waals surface area contributed by atoms with Crippen LogP contribution in [0.5, 0.6) is 0 Å². The van der Waals surface area contributed by atoms with Crippen LogP contribution in [0.25, 0.3) is 0 Å². The largest absolute Gasteiger partial charge is 0.298 e. The number of rotatable bonds is 3. The summed E-state index contributed by atoms with van der Waals surface area (Å²) in [5.41, 5.74) is 0. The molecule has 1 unspecified atom stereocenters. The molecule has 0 N–H and O–H groups in total. The van der Waals surface area contributed by atoms with Gasteiger partial charge in [0.2, 0.25) is 0 Å². The van der Waals surface area contributed by atoms with E-state index in [-0.39, 0.29) is 0 Å². The molecule has 0 aromatic rings.